The van der Waals surface area contributed by atoms with Crippen molar-refractivity contribution in [3.63, 3.8) is 0 Å². The van der Waals surface area contributed by atoms with Gasteiger partial charge in [-0.05, 0) is 24.1 Å². The first-order chi connectivity index (χ1) is 14.5. The number of alkyl halides is 1. The fourth-order valence-electron chi connectivity index (χ4n) is 3.03. The van der Waals surface area contributed by atoms with Gasteiger partial charge >= 0.3 is 0 Å². The first-order valence-corrected chi connectivity index (χ1v) is 9.43. The summed E-state index contributed by atoms with van der Waals surface area (Å²) in [4.78, 5) is 8.76. The summed E-state index contributed by atoms with van der Waals surface area (Å²) < 4.78 is 11.2. The number of nitrogens with one attached hydrogen (secondary N) is 2. The molecule has 0 radical (unpaired) electrons. The zero-order valence-electron chi connectivity index (χ0n) is 16.1. The van der Waals surface area contributed by atoms with Gasteiger partial charge in [0.2, 0.25) is 5.96 Å². The Morgan fingerprint density at radius 1 is 1.30 bits per heavy atom. The molecule has 1 atom stereocenters. The van der Waals surface area contributed by atoms with E-state index < -0.39 is 6.04 Å². The standard InChI is InChI=1S/C19H19ClN8O2/c1-29-12-4-3-10(7-13(12)30-6-2-5-20)16-14-15(23)11(8-21)17(24)27-18(14)28-19(26-16)25-9-22/h3-4,7,16H,2,5-6H2,1H3,(H6,23,24,25,26,27,28). The monoisotopic (exact) mass is 426 g/mol. The highest BCUT2D eigenvalue weighted by molar-refractivity contribution is 6.17. The Morgan fingerprint density at radius 3 is 2.77 bits per heavy atom. The molecule has 3 rings (SSSR count). The smallest absolute Gasteiger partial charge is 0.211 e. The first kappa shape index (κ1) is 20.8. The zero-order valence-corrected chi connectivity index (χ0v) is 16.8. The minimum absolute atomic E-state index is 0.0157. The van der Waals surface area contributed by atoms with Gasteiger partial charge < -0.3 is 26.3 Å². The van der Waals surface area contributed by atoms with Gasteiger partial charge in [-0.15, -0.1) is 11.6 Å². The molecule has 0 spiro atoms. The lowest BCUT2D eigenvalue weighted by molar-refractivity contribution is 0.294. The average molecular weight is 427 g/mol. The van der Waals surface area contributed by atoms with E-state index in [0.29, 0.717) is 47.4 Å². The predicted octanol–water partition coefficient (Wildman–Crippen LogP) is 2.08. The number of nitriles is 2. The third-order valence-electron chi connectivity index (χ3n) is 4.40. The minimum Gasteiger partial charge on any atom is -0.493 e. The van der Waals surface area contributed by atoms with Crippen LogP contribution in [0.3, 0.4) is 0 Å². The van der Waals surface area contributed by atoms with Crippen LogP contribution >= 0.6 is 11.6 Å². The summed E-state index contributed by atoms with van der Waals surface area (Å²) in [6.45, 7) is 0.412. The number of aliphatic imine (C=N–C) groups is 1. The van der Waals surface area contributed by atoms with Crippen molar-refractivity contribution in [1.29, 1.82) is 10.5 Å². The Bertz CT molecular complexity index is 1070. The van der Waals surface area contributed by atoms with Crippen LogP contribution in [0.4, 0.5) is 17.3 Å². The van der Waals surface area contributed by atoms with Gasteiger partial charge in [-0.1, -0.05) is 6.07 Å². The molecule has 2 aromatic rings. The van der Waals surface area contributed by atoms with Crippen molar-refractivity contribution >= 4 is 34.9 Å². The highest BCUT2D eigenvalue weighted by Gasteiger charge is 2.30. The van der Waals surface area contributed by atoms with Crippen LogP contribution < -0.4 is 31.6 Å². The molecule has 6 N–H and O–H groups in total. The molecule has 1 aromatic carbocycles. The number of nitrogens with two attached hydrogens (primary N) is 2. The topological polar surface area (TPSA) is 167 Å². The molecular formula is C19H19ClN8O2. The fraction of sp³-hybridized carbons (Fsp3) is 0.263. The SMILES string of the molecule is COc1ccc(C2N=C(NC#N)Nc3nc(N)c(C#N)c(N)c32)cc1OCCCCl. The Kier molecular flexibility index (Phi) is 6.30. The quantitative estimate of drug-likeness (QED) is 0.234. The molecule has 1 aliphatic rings. The van der Waals surface area contributed by atoms with Crippen LogP contribution in [-0.2, 0) is 0 Å². The fourth-order valence-corrected chi connectivity index (χ4v) is 3.14. The van der Waals surface area contributed by atoms with Crippen LogP contribution in [-0.4, -0.2) is 30.5 Å². The Hall–Kier alpha value is -3.89. The lowest BCUT2D eigenvalue weighted by Crippen LogP contribution is -2.32. The zero-order chi connectivity index (χ0) is 21.7. The van der Waals surface area contributed by atoms with E-state index in [2.05, 4.69) is 20.6 Å². The van der Waals surface area contributed by atoms with Gasteiger partial charge in [0.15, 0.2) is 17.7 Å². The molecule has 2 heterocycles. The maximum Gasteiger partial charge on any atom is 0.211 e. The largest absolute Gasteiger partial charge is 0.493 e. The highest BCUT2D eigenvalue weighted by Crippen LogP contribution is 2.42. The minimum atomic E-state index is -0.668. The van der Waals surface area contributed by atoms with Crippen molar-refractivity contribution in [1.82, 2.24) is 10.3 Å². The van der Waals surface area contributed by atoms with E-state index in [1.807, 2.05) is 12.3 Å². The van der Waals surface area contributed by atoms with Crippen LogP contribution in [0.5, 0.6) is 11.5 Å². The van der Waals surface area contributed by atoms with E-state index in [9.17, 15) is 5.26 Å². The van der Waals surface area contributed by atoms with Gasteiger partial charge in [-0.3, -0.25) is 5.32 Å². The number of aromatic nitrogens is 1. The summed E-state index contributed by atoms with van der Waals surface area (Å²) in [5, 5.41) is 23.8. The van der Waals surface area contributed by atoms with Crippen molar-refractivity contribution in [3.05, 3.63) is 34.9 Å². The number of anilines is 3. The molecule has 1 aliphatic heterocycles. The number of pyridine rings is 1. The number of ether oxygens (including phenoxy) is 2. The maximum absolute atomic E-state index is 9.42. The number of halogens is 1. The maximum atomic E-state index is 9.42. The third-order valence-corrected chi connectivity index (χ3v) is 4.66. The number of nitrogen functional groups attached to an aromatic ring is 2. The van der Waals surface area contributed by atoms with Crippen LogP contribution in [0.2, 0.25) is 0 Å². The highest BCUT2D eigenvalue weighted by atomic mass is 35.5. The van der Waals surface area contributed by atoms with Crippen molar-refractivity contribution in [2.45, 2.75) is 12.5 Å². The number of benzene rings is 1. The van der Waals surface area contributed by atoms with Crippen LogP contribution in [0.1, 0.15) is 29.2 Å². The third kappa shape index (κ3) is 3.95. The Balaban J connectivity index is 2.14. The van der Waals surface area contributed by atoms with E-state index in [-0.39, 0.29) is 23.0 Å². The number of rotatable bonds is 6. The lowest BCUT2D eigenvalue weighted by Gasteiger charge is -2.26. The summed E-state index contributed by atoms with van der Waals surface area (Å²) in [5.74, 6) is 1.99. The summed E-state index contributed by atoms with van der Waals surface area (Å²) >= 11 is 5.73. The number of guanidine groups is 1. The van der Waals surface area contributed by atoms with Gasteiger partial charge in [-0.2, -0.15) is 10.5 Å². The van der Waals surface area contributed by atoms with E-state index in [4.69, 9.17) is 37.8 Å². The molecule has 30 heavy (non-hydrogen) atoms. The molecule has 11 heteroatoms. The predicted molar refractivity (Wildman–Crippen MR) is 113 cm³/mol. The summed E-state index contributed by atoms with van der Waals surface area (Å²) in [6.07, 6.45) is 2.48. The number of hydrogen-bond donors (Lipinski definition) is 4. The molecule has 0 amide bonds. The molecule has 1 unspecified atom stereocenters. The number of methoxy groups -OCH3 is 1. The summed E-state index contributed by atoms with van der Waals surface area (Å²) in [6, 6.07) is 6.61. The molecule has 10 nitrogen and oxygen atoms in total. The molecule has 1 aromatic heterocycles. The summed E-state index contributed by atoms with van der Waals surface area (Å²) in [5.41, 5.74) is 13.5. The van der Waals surface area contributed by atoms with E-state index >= 15 is 0 Å². The molecular weight excluding hydrogens is 408 g/mol. The van der Waals surface area contributed by atoms with Gasteiger partial charge in [0.05, 0.1) is 19.4 Å². The molecule has 0 saturated carbocycles. The van der Waals surface area contributed by atoms with Crippen LogP contribution in [0.25, 0.3) is 0 Å². The second kappa shape index (κ2) is 9.07. The normalized spacial score (nSPS) is 14.4. The lowest BCUT2D eigenvalue weighted by atomic mass is 9.95. The van der Waals surface area contributed by atoms with Crippen LogP contribution in [0.15, 0.2) is 23.2 Å². The van der Waals surface area contributed by atoms with E-state index in [1.165, 1.54) is 0 Å². The van der Waals surface area contributed by atoms with Gasteiger partial charge in [0.1, 0.15) is 29.3 Å². The van der Waals surface area contributed by atoms with E-state index in [1.54, 1.807) is 25.3 Å². The summed E-state index contributed by atoms with van der Waals surface area (Å²) in [7, 11) is 1.54. The van der Waals surface area contributed by atoms with Crippen LogP contribution in [0, 0.1) is 22.8 Å². The van der Waals surface area contributed by atoms with Gasteiger partial charge in [0.25, 0.3) is 0 Å². The first-order valence-electron chi connectivity index (χ1n) is 8.89. The number of fused-ring (bicyclic) bond motifs is 1. The second-order valence-corrected chi connectivity index (χ2v) is 6.58. The molecule has 154 valence electrons. The molecule has 0 aliphatic carbocycles. The second-order valence-electron chi connectivity index (χ2n) is 6.20. The van der Waals surface area contributed by atoms with Gasteiger partial charge in [-0.25, -0.2) is 9.98 Å². The average Bonchev–Trinajstić information content (AvgIpc) is 2.73. The van der Waals surface area contributed by atoms with E-state index in [0.717, 1.165) is 0 Å². The number of hydrogen-bond acceptors (Lipinski definition) is 10. The van der Waals surface area contributed by atoms with Crippen molar-refractivity contribution < 1.29 is 9.47 Å². The van der Waals surface area contributed by atoms with Crippen molar-refractivity contribution in [2.75, 3.05) is 36.4 Å². The van der Waals surface area contributed by atoms with Crippen molar-refractivity contribution in [2.24, 2.45) is 4.99 Å². The molecule has 0 bridgehead atoms. The molecule has 0 saturated heterocycles. The number of nitrogens with zero attached hydrogens (tertiary/aromatic N) is 4. The van der Waals surface area contributed by atoms with Gasteiger partial charge in [0, 0.05) is 11.4 Å². The Labute approximate surface area is 178 Å². The molecule has 0 fully saturated rings. The van der Waals surface area contributed by atoms with Crippen molar-refractivity contribution in [3.8, 4) is 23.8 Å². The Morgan fingerprint density at radius 2 is 2.10 bits per heavy atom.